The van der Waals surface area contributed by atoms with Gasteiger partial charge in [0.15, 0.2) is 11.6 Å². The molecule has 2 amide bonds. The van der Waals surface area contributed by atoms with Crippen molar-refractivity contribution in [3.63, 3.8) is 0 Å². The minimum atomic E-state index is -4.46. The van der Waals surface area contributed by atoms with Crippen molar-refractivity contribution in [2.75, 3.05) is 41.7 Å². The summed E-state index contributed by atoms with van der Waals surface area (Å²) >= 11 is 0. The van der Waals surface area contributed by atoms with Crippen molar-refractivity contribution in [2.24, 2.45) is 0 Å². The van der Waals surface area contributed by atoms with Gasteiger partial charge in [-0.3, -0.25) is 4.98 Å². The van der Waals surface area contributed by atoms with Gasteiger partial charge in [-0.2, -0.15) is 13.2 Å². The number of aromatic nitrogens is 3. The summed E-state index contributed by atoms with van der Waals surface area (Å²) in [5.74, 6) is 1.26. The zero-order chi connectivity index (χ0) is 22.6. The van der Waals surface area contributed by atoms with E-state index in [-0.39, 0.29) is 5.69 Å². The average molecular weight is 443 g/mol. The number of benzene rings is 1. The number of hydrogen-bond donors (Lipinski definition) is 2. The molecule has 0 spiro atoms. The number of amides is 2. The van der Waals surface area contributed by atoms with Crippen molar-refractivity contribution in [1.29, 1.82) is 0 Å². The van der Waals surface area contributed by atoms with Crippen molar-refractivity contribution in [2.45, 2.75) is 6.18 Å². The second-order valence-corrected chi connectivity index (χ2v) is 7.13. The van der Waals surface area contributed by atoms with E-state index < -0.39 is 17.8 Å². The van der Waals surface area contributed by atoms with E-state index >= 15 is 0 Å². The number of hydrogen-bond acceptors (Lipinski definition) is 6. The molecule has 166 valence electrons. The molecule has 8 nitrogen and oxygen atoms in total. The van der Waals surface area contributed by atoms with E-state index in [4.69, 9.17) is 0 Å². The lowest BCUT2D eigenvalue weighted by Crippen LogP contribution is -2.50. The predicted octanol–water partition coefficient (Wildman–Crippen LogP) is 3.99. The first-order valence-corrected chi connectivity index (χ1v) is 9.87. The summed E-state index contributed by atoms with van der Waals surface area (Å²) < 4.78 is 38.6. The summed E-state index contributed by atoms with van der Waals surface area (Å²) in [6.07, 6.45) is -1.10. The third-order valence-corrected chi connectivity index (χ3v) is 4.92. The van der Waals surface area contributed by atoms with Crippen molar-refractivity contribution in [3.8, 4) is 0 Å². The van der Waals surface area contributed by atoms with Crippen LogP contribution in [0.1, 0.15) is 5.56 Å². The van der Waals surface area contributed by atoms with E-state index in [1.807, 2.05) is 29.2 Å². The normalized spacial score (nSPS) is 14.2. The van der Waals surface area contributed by atoms with E-state index in [2.05, 4.69) is 25.8 Å². The van der Waals surface area contributed by atoms with Gasteiger partial charge in [0.2, 0.25) is 0 Å². The number of anilines is 4. The highest BCUT2D eigenvalue weighted by Gasteiger charge is 2.30. The number of pyridine rings is 1. The van der Waals surface area contributed by atoms with Crippen molar-refractivity contribution < 1.29 is 18.0 Å². The molecule has 0 unspecified atom stereocenters. The molecule has 0 bridgehead atoms. The van der Waals surface area contributed by atoms with Crippen LogP contribution in [0.15, 0.2) is 60.9 Å². The molecule has 2 aromatic heterocycles. The summed E-state index contributed by atoms with van der Waals surface area (Å²) in [5, 5.41) is 14.1. The number of carbonyl (C=O) groups excluding carboxylic acids is 1. The highest BCUT2D eigenvalue weighted by molar-refractivity contribution is 5.89. The fourth-order valence-corrected chi connectivity index (χ4v) is 3.26. The number of carbonyl (C=O) groups is 1. The summed E-state index contributed by atoms with van der Waals surface area (Å²) in [4.78, 5) is 20.0. The lowest BCUT2D eigenvalue weighted by Gasteiger charge is -2.35. The Hall–Kier alpha value is -3.89. The summed E-state index contributed by atoms with van der Waals surface area (Å²) in [6.45, 7) is 1.87. The second-order valence-electron chi connectivity index (χ2n) is 7.13. The van der Waals surface area contributed by atoms with Crippen LogP contribution in [-0.2, 0) is 6.18 Å². The Balaban J connectivity index is 1.30. The molecule has 11 heteroatoms. The molecule has 0 atom stereocenters. The molecule has 32 heavy (non-hydrogen) atoms. The summed E-state index contributed by atoms with van der Waals surface area (Å²) in [6, 6.07) is 11.5. The molecule has 1 aromatic carbocycles. The molecule has 2 N–H and O–H groups in total. The van der Waals surface area contributed by atoms with Crippen LogP contribution in [0.2, 0.25) is 0 Å². The maximum absolute atomic E-state index is 12.9. The Morgan fingerprint density at radius 1 is 0.938 bits per heavy atom. The zero-order valence-electron chi connectivity index (χ0n) is 16.9. The fraction of sp³-hybridized carbons (Fsp3) is 0.238. The Labute approximate surface area is 182 Å². The van der Waals surface area contributed by atoms with Gasteiger partial charge in [-0.25, -0.2) is 4.79 Å². The largest absolute Gasteiger partial charge is 0.416 e. The zero-order valence-corrected chi connectivity index (χ0v) is 16.9. The van der Waals surface area contributed by atoms with Gasteiger partial charge in [-0.1, -0.05) is 6.07 Å². The predicted molar refractivity (Wildman–Crippen MR) is 114 cm³/mol. The van der Waals surface area contributed by atoms with Crippen molar-refractivity contribution >= 4 is 29.0 Å². The minimum absolute atomic E-state index is 0.106. The molecule has 1 aliphatic rings. The average Bonchev–Trinajstić information content (AvgIpc) is 2.80. The number of piperazine rings is 1. The van der Waals surface area contributed by atoms with Crippen LogP contribution < -0.4 is 15.5 Å². The van der Waals surface area contributed by atoms with Crippen molar-refractivity contribution in [3.05, 3.63) is 66.5 Å². The van der Waals surface area contributed by atoms with Crippen LogP contribution in [0.4, 0.5) is 41.0 Å². The number of rotatable bonds is 4. The molecule has 1 aliphatic heterocycles. The second kappa shape index (κ2) is 9.08. The molecule has 4 rings (SSSR count). The molecule has 1 fully saturated rings. The van der Waals surface area contributed by atoms with Gasteiger partial charge in [0.25, 0.3) is 0 Å². The lowest BCUT2D eigenvalue weighted by atomic mass is 10.2. The fourth-order valence-electron chi connectivity index (χ4n) is 3.26. The van der Waals surface area contributed by atoms with Gasteiger partial charge < -0.3 is 20.4 Å². The molecular formula is C21H20F3N7O. The Kier molecular flexibility index (Phi) is 6.06. The quantitative estimate of drug-likeness (QED) is 0.634. The van der Waals surface area contributed by atoms with Crippen LogP contribution in [0.3, 0.4) is 0 Å². The topological polar surface area (TPSA) is 86.3 Å². The molecule has 0 aliphatic carbocycles. The van der Waals surface area contributed by atoms with E-state index in [0.717, 1.165) is 17.8 Å². The standard InChI is InChI=1S/C21H20F3N7O/c22-21(23,24)15-3-1-4-16(13-15)27-20(32)31-11-9-30(10-12-31)19-7-6-18(28-29-19)26-17-5-2-8-25-14-17/h1-8,13-14H,9-12H2,(H,26,28)(H,27,32). The molecule has 3 heterocycles. The molecule has 3 aromatic rings. The highest BCUT2D eigenvalue weighted by Crippen LogP contribution is 2.30. The number of nitrogens with zero attached hydrogens (tertiary/aromatic N) is 5. The molecule has 0 radical (unpaired) electrons. The summed E-state index contributed by atoms with van der Waals surface area (Å²) in [7, 11) is 0. The third-order valence-electron chi connectivity index (χ3n) is 4.92. The molecule has 0 saturated carbocycles. The van der Waals surface area contributed by atoms with Crippen LogP contribution in [0, 0.1) is 0 Å². The lowest BCUT2D eigenvalue weighted by molar-refractivity contribution is -0.137. The number of halogens is 3. The Morgan fingerprint density at radius 3 is 2.38 bits per heavy atom. The highest BCUT2D eigenvalue weighted by atomic mass is 19.4. The van der Waals surface area contributed by atoms with Crippen LogP contribution in [0.5, 0.6) is 0 Å². The van der Waals surface area contributed by atoms with E-state index in [1.54, 1.807) is 17.3 Å². The van der Waals surface area contributed by atoms with Gasteiger partial charge >= 0.3 is 12.2 Å². The maximum atomic E-state index is 12.9. The van der Waals surface area contributed by atoms with Gasteiger partial charge in [-0.05, 0) is 42.5 Å². The van der Waals surface area contributed by atoms with Gasteiger partial charge in [0, 0.05) is 38.1 Å². The number of alkyl halides is 3. The van der Waals surface area contributed by atoms with Gasteiger partial charge in [-0.15, -0.1) is 10.2 Å². The third kappa shape index (κ3) is 5.23. The SMILES string of the molecule is O=C(Nc1cccc(C(F)(F)F)c1)N1CCN(c2ccc(Nc3cccnc3)nn2)CC1. The maximum Gasteiger partial charge on any atom is 0.416 e. The minimum Gasteiger partial charge on any atom is -0.352 e. The summed E-state index contributed by atoms with van der Waals surface area (Å²) in [5.41, 5.74) is 0.102. The first-order chi connectivity index (χ1) is 15.4. The first kappa shape index (κ1) is 21.3. The molecule has 1 saturated heterocycles. The van der Waals surface area contributed by atoms with E-state index in [9.17, 15) is 18.0 Å². The van der Waals surface area contributed by atoms with E-state index in [1.165, 1.54) is 12.1 Å². The van der Waals surface area contributed by atoms with Gasteiger partial charge in [0.05, 0.1) is 17.4 Å². The Morgan fingerprint density at radius 2 is 1.72 bits per heavy atom. The smallest absolute Gasteiger partial charge is 0.352 e. The first-order valence-electron chi connectivity index (χ1n) is 9.87. The number of nitrogens with one attached hydrogen (secondary N) is 2. The van der Waals surface area contributed by atoms with Crippen LogP contribution in [-0.4, -0.2) is 52.3 Å². The van der Waals surface area contributed by atoms with Crippen molar-refractivity contribution in [1.82, 2.24) is 20.1 Å². The van der Waals surface area contributed by atoms with Crippen LogP contribution in [0.25, 0.3) is 0 Å². The monoisotopic (exact) mass is 443 g/mol. The number of urea groups is 1. The van der Waals surface area contributed by atoms with Gasteiger partial charge in [0.1, 0.15) is 0 Å². The van der Waals surface area contributed by atoms with E-state index in [0.29, 0.717) is 37.8 Å². The Bertz CT molecular complexity index is 1050. The molecular weight excluding hydrogens is 423 g/mol. The van der Waals surface area contributed by atoms with Crippen LogP contribution >= 0.6 is 0 Å².